The summed E-state index contributed by atoms with van der Waals surface area (Å²) in [6, 6.07) is 13.8. The molecule has 0 aliphatic heterocycles. The number of para-hydroxylation sites is 2. The molecule has 0 amide bonds. The van der Waals surface area contributed by atoms with Gasteiger partial charge in [0.1, 0.15) is 11.4 Å². The quantitative estimate of drug-likeness (QED) is 0.444. The Morgan fingerprint density at radius 3 is 1.25 bits per heavy atom. The Morgan fingerprint density at radius 1 is 0.594 bits per heavy atom. The summed E-state index contributed by atoms with van der Waals surface area (Å²) < 4.78 is 13.8. The number of hydrogen-bond acceptors (Lipinski definition) is 6. The van der Waals surface area contributed by atoms with Gasteiger partial charge in [0, 0.05) is 38.5 Å². The average molecular weight is 432 g/mol. The smallest absolute Gasteiger partial charge is 0.308 e. The first-order chi connectivity index (χ1) is 15.2. The standard InChI is InChI=1S/C24H20N2O6/c1-13(27)25-19-11-7-5-9-17(19)23(31-15(3)29)21(25)22-24(32-16(4)30)18-10-6-8-12-20(18)26(22)14(2)28/h5-12H,1-4H3. The van der Waals surface area contributed by atoms with Crippen molar-refractivity contribution in [3.8, 4) is 22.9 Å². The predicted molar refractivity (Wildman–Crippen MR) is 118 cm³/mol. The SMILES string of the molecule is CC(=O)Oc1c(-c2c(OC(C)=O)c3ccccc3n2C(C)=O)n(C(C)=O)c2ccccc12. The van der Waals surface area contributed by atoms with E-state index in [0.29, 0.717) is 21.8 Å². The fourth-order valence-electron chi connectivity index (χ4n) is 4.00. The summed E-state index contributed by atoms with van der Waals surface area (Å²) in [6.07, 6.45) is 0. The van der Waals surface area contributed by atoms with E-state index >= 15 is 0 Å². The summed E-state index contributed by atoms with van der Waals surface area (Å²) in [7, 11) is 0. The Morgan fingerprint density at radius 2 is 0.938 bits per heavy atom. The topological polar surface area (TPSA) is 96.6 Å². The van der Waals surface area contributed by atoms with Crippen LogP contribution in [-0.4, -0.2) is 32.9 Å². The van der Waals surface area contributed by atoms with E-state index in [1.807, 2.05) is 0 Å². The Bertz CT molecular complexity index is 1330. The van der Waals surface area contributed by atoms with Gasteiger partial charge in [-0.25, -0.2) is 0 Å². The van der Waals surface area contributed by atoms with Crippen molar-refractivity contribution >= 4 is 45.6 Å². The van der Waals surface area contributed by atoms with Gasteiger partial charge in [-0.15, -0.1) is 0 Å². The number of fused-ring (bicyclic) bond motifs is 2. The van der Waals surface area contributed by atoms with E-state index in [1.54, 1.807) is 48.5 Å². The number of esters is 2. The van der Waals surface area contributed by atoms with Crippen LogP contribution in [0.5, 0.6) is 11.5 Å². The van der Waals surface area contributed by atoms with Crippen LogP contribution in [0.2, 0.25) is 0 Å². The summed E-state index contributed by atoms with van der Waals surface area (Å²) in [6.45, 7) is 5.22. The Balaban J connectivity index is 2.28. The number of carbonyl (C=O) groups is 4. The van der Waals surface area contributed by atoms with Gasteiger partial charge in [-0.2, -0.15) is 0 Å². The zero-order valence-electron chi connectivity index (χ0n) is 18.0. The van der Waals surface area contributed by atoms with E-state index in [-0.39, 0.29) is 34.7 Å². The van der Waals surface area contributed by atoms with Crippen molar-refractivity contribution in [2.75, 3.05) is 0 Å². The third-order valence-corrected chi connectivity index (χ3v) is 5.00. The van der Waals surface area contributed by atoms with Crippen LogP contribution in [0.1, 0.15) is 37.3 Å². The van der Waals surface area contributed by atoms with Crippen LogP contribution in [0, 0.1) is 0 Å². The van der Waals surface area contributed by atoms with Crippen molar-refractivity contribution in [2.24, 2.45) is 0 Å². The van der Waals surface area contributed by atoms with Crippen LogP contribution < -0.4 is 9.47 Å². The lowest BCUT2D eigenvalue weighted by Crippen LogP contribution is -2.14. The van der Waals surface area contributed by atoms with E-state index in [0.717, 1.165) is 0 Å². The maximum absolute atomic E-state index is 12.8. The molecule has 8 heteroatoms. The Kier molecular flexibility index (Phi) is 5.14. The summed E-state index contributed by atoms with van der Waals surface area (Å²) >= 11 is 0. The molecular weight excluding hydrogens is 412 g/mol. The van der Waals surface area contributed by atoms with Crippen LogP contribution in [-0.2, 0) is 9.59 Å². The van der Waals surface area contributed by atoms with E-state index < -0.39 is 11.9 Å². The van der Waals surface area contributed by atoms with Crippen molar-refractivity contribution in [3.05, 3.63) is 48.5 Å². The molecule has 8 nitrogen and oxygen atoms in total. The minimum absolute atomic E-state index is 0.0991. The molecule has 0 N–H and O–H groups in total. The van der Waals surface area contributed by atoms with Crippen LogP contribution in [0.25, 0.3) is 33.2 Å². The molecule has 162 valence electrons. The molecule has 4 rings (SSSR count). The van der Waals surface area contributed by atoms with Crippen LogP contribution in [0.4, 0.5) is 0 Å². The number of benzene rings is 2. The van der Waals surface area contributed by atoms with Crippen molar-refractivity contribution in [3.63, 3.8) is 0 Å². The highest BCUT2D eigenvalue weighted by molar-refractivity contribution is 6.10. The van der Waals surface area contributed by atoms with E-state index in [4.69, 9.17) is 9.47 Å². The molecule has 0 bridgehead atoms. The molecule has 0 spiro atoms. The highest BCUT2D eigenvalue weighted by atomic mass is 16.5. The molecule has 4 aromatic rings. The molecule has 0 aliphatic carbocycles. The van der Waals surface area contributed by atoms with Gasteiger partial charge in [-0.05, 0) is 24.3 Å². The molecule has 0 radical (unpaired) electrons. The first kappa shape index (κ1) is 21.0. The molecule has 2 heterocycles. The average Bonchev–Trinajstić information content (AvgIpc) is 3.20. The molecule has 0 unspecified atom stereocenters. The normalized spacial score (nSPS) is 11.0. The van der Waals surface area contributed by atoms with E-state index in [2.05, 4.69) is 0 Å². The number of rotatable bonds is 3. The third-order valence-electron chi connectivity index (χ3n) is 5.00. The van der Waals surface area contributed by atoms with Crippen molar-refractivity contribution in [1.82, 2.24) is 9.13 Å². The Labute approximate surface area is 182 Å². The zero-order chi connectivity index (χ0) is 23.2. The van der Waals surface area contributed by atoms with Crippen LogP contribution >= 0.6 is 0 Å². The number of aromatic nitrogens is 2. The van der Waals surface area contributed by atoms with Crippen molar-refractivity contribution in [1.29, 1.82) is 0 Å². The minimum atomic E-state index is -0.600. The summed E-state index contributed by atoms with van der Waals surface area (Å²) in [5.74, 6) is -1.74. The molecule has 0 fully saturated rings. The molecule has 0 saturated carbocycles. The lowest BCUT2D eigenvalue weighted by atomic mass is 10.2. The second-order valence-corrected chi connectivity index (χ2v) is 7.29. The highest BCUT2D eigenvalue weighted by Gasteiger charge is 2.32. The van der Waals surface area contributed by atoms with Gasteiger partial charge in [0.25, 0.3) is 0 Å². The summed E-state index contributed by atoms with van der Waals surface area (Å²) in [5.41, 5.74) is 1.27. The van der Waals surface area contributed by atoms with Crippen LogP contribution in [0.3, 0.4) is 0 Å². The molecule has 0 aliphatic rings. The van der Waals surface area contributed by atoms with Gasteiger partial charge in [0.2, 0.25) is 11.8 Å². The van der Waals surface area contributed by atoms with Gasteiger partial charge in [0.05, 0.1) is 11.0 Å². The number of carbonyl (C=O) groups excluding carboxylic acids is 4. The monoisotopic (exact) mass is 432 g/mol. The second-order valence-electron chi connectivity index (χ2n) is 7.29. The molecular formula is C24H20N2O6. The molecule has 2 aromatic heterocycles. The van der Waals surface area contributed by atoms with Gasteiger partial charge < -0.3 is 9.47 Å². The lowest BCUT2D eigenvalue weighted by Gasteiger charge is -2.13. The maximum Gasteiger partial charge on any atom is 0.308 e. The minimum Gasteiger partial charge on any atom is -0.424 e. The van der Waals surface area contributed by atoms with Gasteiger partial charge in [-0.1, -0.05) is 24.3 Å². The van der Waals surface area contributed by atoms with Gasteiger partial charge in [-0.3, -0.25) is 28.3 Å². The summed E-state index contributed by atoms with van der Waals surface area (Å²) in [4.78, 5) is 49.6. The fourth-order valence-corrected chi connectivity index (χ4v) is 4.00. The fraction of sp³-hybridized carbons (Fsp3) is 0.167. The first-order valence-electron chi connectivity index (χ1n) is 9.88. The lowest BCUT2D eigenvalue weighted by molar-refractivity contribution is -0.132. The highest BCUT2D eigenvalue weighted by Crippen LogP contribution is 2.47. The Hall–Kier alpha value is -4.20. The van der Waals surface area contributed by atoms with Crippen molar-refractivity contribution in [2.45, 2.75) is 27.7 Å². The number of nitrogens with zero attached hydrogens (tertiary/aromatic N) is 2. The van der Waals surface area contributed by atoms with E-state index in [9.17, 15) is 19.2 Å². The summed E-state index contributed by atoms with van der Waals surface area (Å²) in [5, 5.41) is 1.00. The van der Waals surface area contributed by atoms with Gasteiger partial charge >= 0.3 is 11.9 Å². The molecule has 0 atom stereocenters. The first-order valence-corrected chi connectivity index (χ1v) is 9.88. The molecule has 2 aromatic carbocycles. The third kappa shape index (κ3) is 3.26. The van der Waals surface area contributed by atoms with E-state index in [1.165, 1.54) is 36.8 Å². The zero-order valence-corrected chi connectivity index (χ0v) is 18.0. The molecule has 32 heavy (non-hydrogen) atoms. The largest absolute Gasteiger partial charge is 0.424 e. The number of hydrogen-bond donors (Lipinski definition) is 0. The number of ether oxygens (including phenoxy) is 2. The maximum atomic E-state index is 12.8. The molecule has 0 saturated heterocycles. The van der Waals surface area contributed by atoms with Crippen LogP contribution in [0.15, 0.2) is 48.5 Å². The van der Waals surface area contributed by atoms with Crippen molar-refractivity contribution < 1.29 is 28.7 Å². The predicted octanol–water partition coefficient (Wildman–Crippen LogP) is 4.43. The second kappa shape index (κ2) is 7.81. The van der Waals surface area contributed by atoms with Gasteiger partial charge in [0.15, 0.2) is 11.5 Å².